The van der Waals surface area contributed by atoms with E-state index < -0.39 is 10.0 Å². The van der Waals surface area contributed by atoms with Gasteiger partial charge in [-0.2, -0.15) is 0 Å². The van der Waals surface area contributed by atoms with Gasteiger partial charge in [0.05, 0.1) is 6.20 Å². The van der Waals surface area contributed by atoms with Crippen LogP contribution >= 0.6 is 11.6 Å². The molecule has 0 spiro atoms. The van der Waals surface area contributed by atoms with Crippen molar-refractivity contribution in [1.29, 1.82) is 0 Å². The molecule has 0 fully saturated rings. The van der Waals surface area contributed by atoms with E-state index in [4.69, 9.17) is 11.6 Å². The third kappa shape index (κ3) is 3.96. The average Bonchev–Trinajstić information content (AvgIpc) is 2.63. The van der Waals surface area contributed by atoms with Gasteiger partial charge in [0.25, 0.3) is 10.0 Å². The highest BCUT2D eigenvalue weighted by Crippen LogP contribution is 2.24. The maximum Gasteiger partial charge on any atom is 0.257 e. The number of imidazole rings is 1. The molecule has 1 atom stereocenters. The fourth-order valence-corrected chi connectivity index (χ4v) is 3.23. The predicted octanol–water partition coefficient (Wildman–Crippen LogP) is 2.04. The first-order chi connectivity index (χ1) is 8.16. The van der Waals surface area contributed by atoms with E-state index in [1.807, 2.05) is 20.8 Å². The lowest BCUT2D eigenvalue weighted by Crippen LogP contribution is -2.44. The normalized spacial score (nSPS) is 14.7. The van der Waals surface area contributed by atoms with E-state index >= 15 is 0 Å². The van der Waals surface area contributed by atoms with Crippen molar-refractivity contribution in [1.82, 2.24) is 14.7 Å². The summed E-state index contributed by atoms with van der Waals surface area (Å²) < 4.78 is 27.0. The quantitative estimate of drug-likeness (QED) is 0.816. The number of aryl methyl sites for hydroxylation is 1. The molecule has 104 valence electrons. The Bertz CT molecular complexity index is 491. The molecule has 0 aliphatic carbocycles. The number of rotatable bonds is 5. The Morgan fingerprint density at radius 2 is 2.11 bits per heavy atom. The number of nitrogens with zero attached hydrogens (tertiary/aromatic N) is 1. The van der Waals surface area contributed by atoms with Gasteiger partial charge in [0.1, 0.15) is 5.82 Å². The van der Waals surface area contributed by atoms with Gasteiger partial charge in [0.15, 0.2) is 5.03 Å². The standard InChI is InChI=1S/C11H20ClN3O2S/c1-8-13-7-10(14-8)18(16,17)15-9(5-6-12)11(2,3)4/h7,9,15H,5-6H2,1-4H3,(H,13,14). The van der Waals surface area contributed by atoms with Crippen LogP contribution in [0.4, 0.5) is 0 Å². The Kier molecular flexibility index (Phi) is 4.80. The van der Waals surface area contributed by atoms with E-state index in [1.54, 1.807) is 6.92 Å². The summed E-state index contributed by atoms with van der Waals surface area (Å²) in [5.74, 6) is 0.979. The van der Waals surface area contributed by atoms with Crippen LogP contribution in [0.15, 0.2) is 11.2 Å². The number of hydrogen-bond acceptors (Lipinski definition) is 3. The van der Waals surface area contributed by atoms with Gasteiger partial charge in [-0.15, -0.1) is 11.6 Å². The summed E-state index contributed by atoms with van der Waals surface area (Å²) in [7, 11) is -3.57. The molecule has 0 aromatic carbocycles. The van der Waals surface area contributed by atoms with Crippen molar-refractivity contribution in [3.8, 4) is 0 Å². The number of alkyl halides is 1. The van der Waals surface area contributed by atoms with Crippen LogP contribution in [-0.4, -0.2) is 30.3 Å². The summed E-state index contributed by atoms with van der Waals surface area (Å²) in [5, 5.41) is 0.0869. The van der Waals surface area contributed by atoms with Gasteiger partial charge in [-0.3, -0.25) is 0 Å². The first kappa shape index (κ1) is 15.5. The zero-order chi connectivity index (χ0) is 14.0. The van der Waals surface area contributed by atoms with Crippen molar-refractivity contribution < 1.29 is 8.42 Å². The minimum atomic E-state index is -3.57. The second-order valence-electron chi connectivity index (χ2n) is 5.35. The Labute approximate surface area is 113 Å². The summed E-state index contributed by atoms with van der Waals surface area (Å²) in [6.07, 6.45) is 1.90. The SMILES string of the molecule is Cc1ncc(S(=O)(=O)NC(CCCl)C(C)(C)C)[nH]1. The fraction of sp³-hybridized carbons (Fsp3) is 0.727. The van der Waals surface area contributed by atoms with Crippen molar-refractivity contribution in [3.05, 3.63) is 12.0 Å². The number of sulfonamides is 1. The maximum atomic E-state index is 12.2. The van der Waals surface area contributed by atoms with Crippen molar-refractivity contribution in [2.45, 2.75) is 45.2 Å². The maximum absolute atomic E-state index is 12.2. The van der Waals surface area contributed by atoms with Crippen LogP contribution < -0.4 is 4.72 Å². The summed E-state index contributed by atoms with van der Waals surface area (Å²) in [6.45, 7) is 7.64. The zero-order valence-corrected chi connectivity index (χ0v) is 12.7. The van der Waals surface area contributed by atoms with Crippen molar-refractivity contribution in [2.24, 2.45) is 5.41 Å². The highest BCUT2D eigenvalue weighted by Gasteiger charge is 2.29. The molecule has 1 heterocycles. The number of aromatic nitrogens is 2. The van der Waals surface area contributed by atoms with Crippen LogP contribution in [0.1, 0.15) is 33.0 Å². The van der Waals surface area contributed by atoms with Gasteiger partial charge >= 0.3 is 0 Å². The number of hydrogen-bond donors (Lipinski definition) is 2. The monoisotopic (exact) mass is 293 g/mol. The molecule has 0 saturated carbocycles. The number of aromatic amines is 1. The Balaban J connectivity index is 2.93. The first-order valence-electron chi connectivity index (χ1n) is 5.76. The van der Waals surface area contributed by atoms with E-state index in [2.05, 4.69) is 14.7 Å². The van der Waals surface area contributed by atoms with Crippen LogP contribution in [0, 0.1) is 12.3 Å². The molecule has 1 aromatic rings. The number of nitrogens with one attached hydrogen (secondary N) is 2. The third-order valence-electron chi connectivity index (χ3n) is 2.71. The molecule has 0 aliphatic heterocycles. The summed E-state index contributed by atoms with van der Waals surface area (Å²) in [5.41, 5.74) is -0.197. The van der Waals surface area contributed by atoms with Crippen molar-refractivity contribution >= 4 is 21.6 Å². The second kappa shape index (κ2) is 5.59. The highest BCUT2D eigenvalue weighted by molar-refractivity contribution is 7.89. The minimum Gasteiger partial charge on any atom is -0.332 e. The van der Waals surface area contributed by atoms with Gasteiger partial charge < -0.3 is 4.98 Å². The average molecular weight is 294 g/mol. The third-order valence-corrected chi connectivity index (χ3v) is 4.31. The Hall–Kier alpha value is -0.590. The Morgan fingerprint density at radius 1 is 1.50 bits per heavy atom. The lowest BCUT2D eigenvalue weighted by molar-refractivity contribution is 0.292. The summed E-state index contributed by atoms with van der Waals surface area (Å²) in [4.78, 5) is 6.62. The van der Waals surface area contributed by atoms with Crippen LogP contribution in [-0.2, 0) is 10.0 Å². The zero-order valence-electron chi connectivity index (χ0n) is 11.1. The molecule has 5 nitrogen and oxygen atoms in total. The van der Waals surface area contributed by atoms with Gasteiger partial charge in [0, 0.05) is 11.9 Å². The summed E-state index contributed by atoms with van der Waals surface area (Å²) in [6, 6.07) is -0.219. The van der Waals surface area contributed by atoms with Crippen molar-refractivity contribution in [2.75, 3.05) is 5.88 Å². The van der Waals surface area contributed by atoms with E-state index in [1.165, 1.54) is 6.20 Å². The van der Waals surface area contributed by atoms with E-state index in [0.717, 1.165) is 0 Å². The number of halogens is 1. The molecule has 1 rings (SSSR count). The topological polar surface area (TPSA) is 74.8 Å². The molecule has 0 aliphatic rings. The van der Waals surface area contributed by atoms with E-state index in [0.29, 0.717) is 18.1 Å². The molecule has 1 unspecified atom stereocenters. The van der Waals surface area contributed by atoms with Gasteiger partial charge in [-0.1, -0.05) is 20.8 Å². The molecule has 0 saturated heterocycles. The predicted molar refractivity (Wildman–Crippen MR) is 72.2 cm³/mol. The molecule has 2 N–H and O–H groups in total. The molecule has 1 aromatic heterocycles. The largest absolute Gasteiger partial charge is 0.332 e. The molecular formula is C11H20ClN3O2S. The lowest BCUT2D eigenvalue weighted by atomic mass is 9.86. The smallest absolute Gasteiger partial charge is 0.257 e. The van der Waals surface area contributed by atoms with Gasteiger partial charge in [-0.05, 0) is 18.8 Å². The fourth-order valence-electron chi connectivity index (χ4n) is 1.56. The first-order valence-corrected chi connectivity index (χ1v) is 7.78. The minimum absolute atomic E-state index is 0.0869. The van der Waals surface area contributed by atoms with Crippen LogP contribution in [0.5, 0.6) is 0 Å². The van der Waals surface area contributed by atoms with Crippen LogP contribution in [0.25, 0.3) is 0 Å². The second-order valence-corrected chi connectivity index (χ2v) is 7.41. The van der Waals surface area contributed by atoms with Crippen LogP contribution in [0.3, 0.4) is 0 Å². The van der Waals surface area contributed by atoms with Gasteiger partial charge in [0.2, 0.25) is 0 Å². The van der Waals surface area contributed by atoms with E-state index in [-0.39, 0.29) is 16.5 Å². The van der Waals surface area contributed by atoms with Crippen molar-refractivity contribution in [3.63, 3.8) is 0 Å². The molecular weight excluding hydrogens is 274 g/mol. The van der Waals surface area contributed by atoms with E-state index in [9.17, 15) is 8.42 Å². The van der Waals surface area contributed by atoms with Crippen LogP contribution in [0.2, 0.25) is 0 Å². The molecule has 7 heteroatoms. The Morgan fingerprint density at radius 3 is 2.50 bits per heavy atom. The molecule has 0 radical (unpaired) electrons. The molecule has 0 amide bonds. The number of H-pyrrole nitrogens is 1. The molecule has 18 heavy (non-hydrogen) atoms. The summed E-state index contributed by atoms with van der Waals surface area (Å²) >= 11 is 5.73. The highest BCUT2D eigenvalue weighted by atomic mass is 35.5. The molecule has 0 bridgehead atoms. The van der Waals surface area contributed by atoms with Gasteiger partial charge in [-0.25, -0.2) is 18.1 Å². The lowest BCUT2D eigenvalue weighted by Gasteiger charge is -2.30.